The molecule has 7 heteroatoms. The minimum absolute atomic E-state index is 0.153. The summed E-state index contributed by atoms with van der Waals surface area (Å²) in [6.45, 7) is 0.318. The molecule has 0 spiro atoms. The molecule has 2 rings (SSSR count). The van der Waals surface area contributed by atoms with Crippen molar-refractivity contribution in [3.8, 4) is 23.0 Å². The number of amides is 1. The van der Waals surface area contributed by atoms with Crippen LogP contribution >= 0.6 is 11.6 Å². The molecule has 0 saturated carbocycles. The smallest absolute Gasteiger partial charge is 0.224 e. The summed E-state index contributed by atoms with van der Waals surface area (Å²) >= 11 is 6.00. The van der Waals surface area contributed by atoms with Gasteiger partial charge in [0.05, 0.1) is 34.9 Å². The molecule has 0 saturated heterocycles. The van der Waals surface area contributed by atoms with Crippen LogP contribution < -0.4 is 24.3 Å². The second kappa shape index (κ2) is 9.20. The number of nitrogens with one attached hydrogen (secondary N) is 1. The first-order valence-electron chi connectivity index (χ1n) is 7.90. The number of ether oxygens (including phenoxy) is 4. The van der Waals surface area contributed by atoms with Gasteiger partial charge in [-0.25, -0.2) is 0 Å². The van der Waals surface area contributed by atoms with Crippen molar-refractivity contribution in [3.05, 3.63) is 46.5 Å². The van der Waals surface area contributed by atoms with E-state index in [0.29, 0.717) is 34.6 Å². The normalized spacial score (nSPS) is 10.2. The number of carbonyl (C=O) groups is 1. The number of methoxy groups -OCH3 is 4. The van der Waals surface area contributed by atoms with Crippen LogP contribution in [0.2, 0.25) is 5.02 Å². The average molecular weight is 380 g/mol. The highest BCUT2D eigenvalue weighted by Gasteiger charge is 2.14. The molecule has 140 valence electrons. The van der Waals surface area contributed by atoms with Crippen molar-refractivity contribution >= 4 is 17.5 Å². The highest BCUT2D eigenvalue weighted by molar-refractivity contribution is 6.30. The summed E-state index contributed by atoms with van der Waals surface area (Å²) in [6.07, 6.45) is 0.161. The van der Waals surface area contributed by atoms with Crippen LogP contribution in [0.4, 0.5) is 0 Å². The largest absolute Gasteiger partial charge is 0.496 e. The highest BCUT2D eigenvalue weighted by atomic mass is 35.5. The second-order valence-electron chi connectivity index (χ2n) is 5.44. The predicted molar refractivity (Wildman–Crippen MR) is 99.7 cm³/mol. The van der Waals surface area contributed by atoms with Crippen molar-refractivity contribution in [1.29, 1.82) is 0 Å². The molecular formula is C19H22ClNO5. The maximum Gasteiger partial charge on any atom is 0.224 e. The van der Waals surface area contributed by atoms with Crippen LogP contribution in [-0.4, -0.2) is 34.3 Å². The highest BCUT2D eigenvalue weighted by Crippen LogP contribution is 2.38. The minimum Gasteiger partial charge on any atom is -0.496 e. The van der Waals surface area contributed by atoms with Gasteiger partial charge in [0.2, 0.25) is 11.7 Å². The van der Waals surface area contributed by atoms with Gasteiger partial charge in [-0.3, -0.25) is 4.79 Å². The molecular weight excluding hydrogens is 358 g/mol. The van der Waals surface area contributed by atoms with Crippen molar-refractivity contribution in [1.82, 2.24) is 5.32 Å². The lowest BCUT2D eigenvalue weighted by atomic mass is 10.1. The quantitative estimate of drug-likeness (QED) is 0.762. The van der Waals surface area contributed by atoms with Crippen molar-refractivity contribution < 1.29 is 23.7 Å². The lowest BCUT2D eigenvalue weighted by Gasteiger charge is -2.14. The fourth-order valence-corrected chi connectivity index (χ4v) is 2.75. The standard InChI is InChI=1S/C19H22ClNO5/c1-23-15-6-5-14(20)9-13(15)10-18(22)21-11-12-7-16(24-2)19(26-4)17(8-12)25-3/h5-9H,10-11H2,1-4H3,(H,21,22). The molecule has 0 radical (unpaired) electrons. The van der Waals surface area contributed by atoms with Gasteiger partial charge in [-0.2, -0.15) is 0 Å². The Bertz CT molecular complexity index is 754. The van der Waals surface area contributed by atoms with E-state index in [1.165, 1.54) is 0 Å². The summed E-state index contributed by atoms with van der Waals surface area (Å²) in [7, 11) is 6.19. The summed E-state index contributed by atoms with van der Waals surface area (Å²) in [5, 5.41) is 3.42. The summed E-state index contributed by atoms with van der Waals surface area (Å²) in [6, 6.07) is 8.77. The molecule has 2 aromatic rings. The summed E-state index contributed by atoms with van der Waals surface area (Å²) in [5.74, 6) is 2.05. The van der Waals surface area contributed by atoms with E-state index in [-0.39, 0.29) is 12.3 Å². The van der Waals surface area contributed by atoms with Gasteiger partial charge in [-0.1, -0.05) is 11.6 Å². The Morgan fingerprint density at radius 1 is 0.923 bits per heavy atom. The van der Waals surface area contributed by atoms with Crippen LogP contribution in [0, 0.1) is 0 Å². The number of halogens is 1. The molecule has 0 aliphatic heterocycles. The first-order valence-corrected chi connectivity index (χ1v) is 8.28. The van der Waals surface area contributed by atoms with Crippen LogP contribution in [0.3, 0.4) is 0 Å². The van der Waals surface area contributed by atoms with Gasteiger partial charge in [-0.05, 0) is 35.9 Å². The van der Waals surface area contributed by atoms with E-state index in [2.05, 4.69) is 5.32 Å². The SMILES string of the molecule is COc1ccc(Cl)cc1CC(=O)NCc1cc(OC)c(OC)c(OC)c1. The molecule has 0 fully saturated rings. The average Bonchev–Trinajstić information content (AvgIpc) is 2.65. The van der Waals surface area contributed by atoms with Crippen molar-refractivity contribution in [3.63, 3.8) is 0 Å². The molecule has 0 atom stereocenters. The zero-order valence-electron chi connectivity index (χ0n) is 15.2. The fraction of sp³-hybridized carbons (Fsp3) is 0.316. The van der Waals surface area contributed by atoms with Gasteiger partial charge < -0.3 is 24.3 Å². The van der Waals surface area contributed by atoms with E-state index in [9.17, 15) is 4.79 Å². The minimum atomic E-state index is -0.153. The van der Waals surface area contributed by atoms with Crippen LogP contribution in [0.5, 0.6) is 23.0 Å². The monoisotopic (exact) mass is 379 g/mol. The van der Waals surface area contributed by atoms with Gasteiger partial charge in [0, 0.05) is 17.1 Å². The van der Waals surface area contributed by atoms with Gasteiger partial charge in [-0.15, -0.1) is 0 Å². The topological polar surface area (TPSA) is 66.0 Å². The Morgan fingerprint density at radius 3 is 2.08 bits per heavy atom. The fourth-order valence-electron chi connectivity index (χ4n) is 2.56. The molecule has 2 aromatic carbocycles. The van der Waals surface area contributed by atoms with Crippen LogP contribution in [-0.2, 0) is 17.8 Å². The third kappa shape index (κ3) is 4.73. The van der Waals surface area contributed by atoms with E-state index < -0.39 is 0 Å². The van der Waals surface area contributed by atoms with E-state index in [1.807, 2.05) is 0 Å². The molecule has 26 heavy (non-hydrogen) atoms. The van der Waals surface area contributed by atoms with Crippen molar-refractivity contribution in [2.24, 2.45) is 0 Å². The van der Waals surface area contributed by atoms with E-state index in [1.54, 1.807) is 58.8 Å². The lowest BCUT2D eigenvalue weighted by Crippen LogP contribution is -2.24. The van der Waals surface area contributed by atoms with Gasteiger partial charge >= 0.3 is 0 Å². The summed E-state index contributed by atoms with van der Waals surface area (Å²) < 4.78 is 21.2. The third-order valence-corrected chi connectivity index (χ3v) is 4.04. The Balaban J connectivity index is 2.09. The Kier molecular flexibility index (Phi) is 6.97. The second-order valence-corrected chi connectivity index (χ2v) is 5.88. The van der Waals surface area contributed by atoms with Gasteiger partial charge in [0.1, 0.15) is 5.75 Å². The lowest BCUT2D eigenvalue weighted by molar-refractivity contribution is -0.120. The molecule has 0 aromatic heterocycles. The number of benzene rings is 2. The zero-order valence-corrected chi connectivity index (χ0v) is 16.0. The summed E-state index contributed by atoms with van der Waals surface area (Å²) in [4.78, 5) is 12.3. The molecule has 6 nitrogen and oxygen atoms in total. The molecule has 1 amide bonds. The van der Waals surface area contributed by atoms with E-state index in [4.69, 9.17) is 30.5 Å². The van der Waals surface area contributed by atoms with Gasteiger partial charge in [0.15, 0.2) is 11.5 Å². The summed E-state index contributed by atoms with van der Waals surface area (Å²) in [5.41, 5.74) is 1.55. The Labute approximate surface area is 158 Å². The van der Waals surface area contributed by atoms with Crippen LogP contribution in [0.1, 0.15) is 11.1 Å². The molecule has 0 heterocycles. The van der Waals surface area contributed by atoms with Crippen LogP contribution in [0.15, 0.2) is 30.3 Å². The number of carbonyl (C=O) groups excluding carboxylic acids is 1. The first-order chi connectivity index (χ1) is 12.5. The molecule has 0 aliphatic carbocycles. The number of hydrogen-bond donors (Lipinski definition) is 1. The molecule has 1 N–H and O–H groups in total. The molecule has 0 bridgehead atoms. The van der Waals surface area contributed by atoms with E-state index in [0.717, 1.165) is 11.1 Å². The van der Waals surface area contributed by atoms with Crippen molar-refractivity contribution in [2.75, 3.05) is 28.4 Å². The predicted octanol–water partition coefficient (Wildman–Crippen LogP) is 3.23. The first kappa shape index (κ1) is 19.7. The zero-order chi connectivity index (χ0) is 19.1. The van der Waals surface area contributed by atoms with E-state index >= 15 is 0 Å². The molecule has 0 aliphatic rings. The maximum absolute atomic E-state index is 12.3. The maximum atomic E-state index is 12.3. The Hall–Kier alpha value is -2.60. The van der Waals surface area contributed by atoms with Crippen LogP contribution in [0.25, 0.3) is 0 Å². The van der Waals surface area contributed by atoms with Crippen molar-refractivity contribution in [2.45, 2.75) is 13.0 Å². The van der Waals surface area contributed by atoms with Gasteiger partial charge in [0.25, 0.3) is 0 Å². The molecule has 0 unspecified atom stereocenters. The number of hydrogen-bond acceptors (Lipinski definition) is 5. The number of rotatable bonds is 8. The third-order valence-electron chi connectivity index (χ3n) is 3.81. The Morgan fingerprint density at radius 2 is 1.54 bits per heavy atom.